The van der Waals surface area contributed by atoms with Crippen LogP contribution in [0.4, 0.5) is 0 Å². The second kappa shape index (κ2) is 10.6. The van der Waals surface area contributed by atoms with Gasteiger partial charge in [0, 0.05) is 5.71 Å². The van der Waals surface area contributed by atoms with E-state index in [4.69, 9.17) is 4.99 Å². The first-order valence-electron chi connectivity index (χ1n) is 8.55. The van der Waals surface area contributed by atoms with Gasteiger partial charge in [-0.1, -0.05) is 38.8 Å². The maximum Gasteiger partial charge on any atom is 0.0801 e. The lowest BCUT2D eigenvalue weighted by Crippen LogP contribution is -2.19. The molecule has 0 aromatic carbocycles. The molecular formula is C20H35NO. The van der Waals surface area contributed by atoms with Gasteiger partial charge >= 0.3 is 0 Å². The van der Waals surface area contributed by atoms with E-state index in [-0.39, 0.29) is 0 Å². The Balaban J connectivity index is 5.43. The highest BCUT2D eigenvalue weighted by Crippen LogP contribution is 2.18. The molecule has 0 atom stereocenters. The van der Waals surface area contributed by atoms with Gasteiger partial charge in [-0.15, -0.1) is 0 Å². The summed E-state index contributed by atoms with van der Waals surface area (Å²) in [5.41, 5.74) is 3.54. The van der Waals surface area contributed by atoms with Crippen LogP contribution >= 0.6 is 0 Å². The van der Waals surface area contributed by atoms with E-state index in [1.165, 1.54) is 24.1 Å². The number of unbranched alkanes of at least 4 members (excludes halogenated alkanes) is 2. The van der Waals surface area contributed by atoms with E-state index in [2.05, 4.69) is 33.8 Å². The molecule has 0 rings (SSSR count). The average molecular weight is 306 g/mol. The summed E-state index contributed by atoms with van der Waals surface area (Å²) in [5, 5.41) is 10.0. The van der Waals surface area contributed by atoms with Crippen LogP contribution in [0.25, 0.3) is 0 Å². The number of aliphatic imine (C=N–C) groups is 1. The van der Waals surface area contributed by atoms with Gasteiger partial charge in [0.1, 0.15) is 0 Å². The molecule has 0 fully saturated rings. The SMILES string of the molecule is CCC/C=C(C)/C(=C\C=C(/C)C(C)(C)O)N=C(C)CCCC. The molecule has 22 heavy (non-hydrogen) atoms. The molecule has 0 aliphatic carbocycles. The highest BCUT2D eigenvalue weighted by atomic mass is 16.3. The first kappa shape index (κ1) is 20.9. The topological polar surface area (TPSA) is 32.6 Å². The Morgan fingerprint density at radius 1 is 1.05 bits per heavy atom. The highest BCUT2D eigenvalue weighted by Gasteiger charge is 2.13. The normalized spacial score (nSPS) is 15.5. The molecule has 0 heterocycles. The molecule has 126 valence electrons. The Labute approximate surface area is 137 Å². The summed E-state index contributed by atoms with van der Waals surface area (Å²) >= 11 is 0. The van der Waals surface area contributed by atoms with Crippen molar-refractivity contribution >= 4 is 5.71 Å². The van der Waals surface area contributed by atoms with Crippen molar-refractivity contribution < 1.29 is 5.11 Å². The summed E-state index contributed by atoms with van der Waals surface area (Å²) in [7, 11) is 0. The van der Waals surface area contributed by atoms with E-state index in [0.717, 1.165) is 30.5 Å². The monoisotopic (exact) mass is 305 g/mol. The van der Waals surface area contributed by atoms with Crippen LogP contribution < -0.4 is 0 Å². The summed E-state index contributed by atoms with van der Waals surface area (Å²) in [4.78, 5) is 4.80. The van der Waals surface area contributed by atoms with Gasteiger partial charge in [-0.2, -0.15) is 0 Å². The summed E-state index contributed by atoms with van der Waals surface area (Å²) in [5.74, 6) is 0. The van der Waals surface area contributed by atoms with Crippen LogP contribution in [0.15, 0.2) is 40.1 Å². The van der Waals surface area contributed by atoms with E-state index in [9.17, 15) is 5.11 Å². The third kappa shape index (κ3) is 8.99. The summed E-state index contributed by atoms with van der Waals surface area (Å²) in [6.45, 7) is 14.2. The maximum atomic E-state index is 10.0. The summed E-state index contributed by atoms with van der Waals surface area (Å²) < 4.78 is 0. The molecule has 0 aliphatic rings. The number of hydrogen-bond acceptors (Lipinski definition) is 2. The minimum Gasteiger partial charge on any atom is -0.386 e. The first-order chi connectivity index (χ1) is 10.2. The van der Waals surface area contributed by atoms with Gasteiger partial charge in [-0.3, -0.25) is 4.99 Å². The largest absolute Gasteiger partial charge is 0.386 e. The third-order valence-corrected chi connectivity index (χ3v) is 3.80. The van der Waals surface area contributed by atoms with Crippen LogP contribution in [0.5, 0.6) is 0 Å². The van der Waals surface area contributed by atoms with Crippen molar-refractivity contribution in [3.8, 4) is 0 Å². The van der Waals surface area contributed by atoms with Gasteiger partial charge in [0.2, 0.25) is 0 Å². The van der Waals surface area contributed by atoms with Crippen LogP contribution in [0.2, 0.25) is 0 Å². The maximum absolute atomic E-state index is 10.0. The molecule has 0 radical (unpaired) electrons. The molecule has 0 saturated carbocycles. The lowest BCUT2D eigenvalue weighted by molar-refractivity contribution is 0.120. The molecule has 2 nitrogen and oxygen atoms in total. The van der Waals surface area contributed by atoms with Crippen LogP contribution in [0.1, 0.15) is 80.6 Å². The highest BCUT2D eigenvalue weighted by molar-refractivity contribution is 5.83. The number of aliphatic hydroxyl groups is 1. The fraction of sp³-hybridized carbons (Fsp3) is 0.650. The van der Waals surface area contributed by atoms with Crippen molar-refractivity contribution in [3.63, 3.8) is 0 Å². The predicted octanol–water partition coefficient (Wildman–Crippen LogP) is 5.99. The van der Waals surface area contributed by atoms with Gasteiger partial charge in [-0.25, -0.2) is 0 Å². The van der Waals surface area contributed by atoms with E-state index in [1.54, 1.807) is 0 Å². The van der Waals surface area contributed by atoms with E-state index in [0.29, 0.717) is 0 Å². The molecule has 0 aromatic heterocycles. The lowest BCUT2D eigenvalue weighted by atomic mass is 9.99. The number of hydrogen-bond donors (Lipinski definition) is 1. The molecule has 0 aromatic rings. The number of rotatable bonds is 9. The van der Waals surface area contributed by atoms with Gasteiger partial charge in [0.05, 0.1) is 11.3 Å². The minimum absolute atomic E-state index is 0.788. The Hall–Kier alpha value is -1.15. The van der Waals surface area contributed by atoms with Crippen LogP contribution in [-0.4, -0.2) is 16.4 Å². The zero-order valence-electron chi connectivity index (χ0n) is 15.7. The van der Waals surface area contributed by atoms with Gasteiger partial charge in [0.15, 0.2) is 0 Å². The molecular weight excluding hydrogens is 270 g/mol. The molecule has 2 heteroatoms. The Bertz CT molecular complexity index is 445. The van der Waals surface area contributed by atoms with Gasteiger partial charge < -0.3 is 5.11 Å². The zero-order chi connectivity index (χ0) is 17.2. The number of allylic oxidation sites excluding steroid dienone is 4. The molecule has 0 unspecified atom stereocenters. The predicted molar refractivity (Wildman–Crippen MR) is 99.4 cm³/mol. The Kier molecular flexibility index (Phi) is 10.0. The van der Waals surface area contributed by atoms with E-state index in [1.807, 2.05) is 32.9 Å². The molecule has 0 aliphatic heterocycles. The van der Waals surface area contributed by atoms with Crippen molar-refractivity contribution in [1.29, 1.82) is 0 Å². The Morgan fingerprint density at radius 3 is 2.18 bits per heavy atom. The lowest BCUT2D eigenvalue weighted by Gasteiger charge is -2.17. The summed E-state index contributed by atoms with van der Waals surface area (Å²) in [6, 6.07) is 0. The van der Waals surface area contributed by atoms with Crippen molar-refractivity contribution in [2.24, 2.45) is 4.99 Å². The van der Waals surface area contributed by atoms with Gasteiger partial charge in [0.25, 0.3) is 0 Å². The first-order valence-corrected chi connectivity index (χ1v) is 8.55. The second-order valence-electron chi connectivity index (χ2n) is 6.59. The fourth-order valence-corrected chi connectivity index (χ4v) is 1.82. The van der Waals surface area contributed by atoms with E-state index >= 15 is 0 Å². The summed E-state index contributed by atoms with van der Waals surface area (Å²) in [6.07, 6.45) is 11.9. The zero-order valence-corrected chi connectivity index (χ0v) is 15.7. The van der Waals surface area contributed by atoms with Crippen molar-refractivity contribution in [2.75, 3.05) is 0 Å². The van der Waals surface area contributed by atoms with Crippen molar-refractivity contribution in [1.82, 2.24) is 0 Å². The van der Waals surface area contributed by atoms with E-state index < -0.39 is 5.60 Å². The molecule has 0 spiro atoms. The van der Waals surface area contributed by atoms with Crippen LogP contribution in [0, 0.1) is 0 Å². The van der Waals surface area contributed by atoms with Crippen LogP contribution in [-0.2, 0) is 0 Å². The third-order valence-electron chi connectivity index (χ3n) is 3.80. The van der Waals surface area contributed by atoms with Crippen molar-refractivity contribution in [3.05, 3.63) is 35.1 Å². The molecule has 0 saturated heterocycles. The molecule has 0 bridgehead atoms. The molecule has 1 N–H and O–H groups in total. The van der Waals surface area contributed by atoms with Crippen LogP contribution in [0.3, 0.4) is 0 Å². The average Bonchev–Trinajstić information content (AvgIpc) is 2.45. The minimum atomic E-state index is -0.788. The molecule has 0 amide bonds. The fourth-order valence-electron chi connectivity index (χ4n) is 1.82. The smallest absolute Gasteiger partial charge is 0.0801 e. The standard InChI is InChI=1S/C20H35NO/c1-8-10-12-16(3)19(21-18(5)13-11-9-2)15-14-17(4)20(6,7)22/h12,14-15,22H,8-11,13H2,1-7H3/b16-12+,17-14+,19-15+,21-18?. The quantitative estimate of drug-likeness (QED) is 0.412. The second-order valence-corrected chi connectivity index (χ2v) is 6.59. The van der Waals surface area contributed by atoms with Gasteiger partial charge in [-0.05, 0) is 71.1 Å². The number of nitrogens with zero attached hydrogens (tertiary/aromatic N) is 1. The Morgan fingerprint density at radius 2 is 1.68 bits per heavy atom. The van der Waals surface area contributed by atoms with Crippen molar-refractivity contribution in [2.45, 2.75) is 86.2 Å².